The zero-order valence-electron chi connectivity index (χ0n) is 13.2. The fraction of sp³-hybridized carbons (Fsp3) is 0.0556. The lowest BCUT2D eigenvalue weighted by Gasteiger charge is -2.08. The molecule has 1 heterocycles. The summed E-state index contributed by atoms with van der Waals surface area (Å²) in [4.78, 5) is 12.1. The van der Waals surface area contributed by atoms with E-state index in [2.05, 4.69) is 55.7 Å². The fourth-order valence-electron chi connectivity index (χ4n) is 2.21. The van der Waals surface area contributed by atoms with E-state index in [0.29, 0.717) is 11.3 Å². The minimum atomic E-state index is -0.421. The van der Waals surface area contributed by atoms with Gasteiger partial charge < -0.3 is 9.15 Å². The zero-order valence-corrected chi connectivity index (χ0v) is 17.5. The summed E-state index contributed by atoms with van der Waals surface area (Å²) >= 11 is 4.26. The van der Waals surface area contributed by atoms with Crippen LogP contribution in [0.25, 0.3) is 11.0 Å². The number of nitrogens with one attached hydrogen (secondary N) is 1. The van der Waals surface area contributed by atoms with E-state index in [1.807, 2.05) is 36.4 Å². The fourth-order valence-corrected chi connectivity index (χ4v) is 4.34. The van der Waals surface area contributed by atoms with Gasteiger partial charge >= 0.3 is 5.91 Å². The maximum atomic E-state index is 12.1. The highest BCUT2D eigenvalue weighted by Gasteiger charge is 2.11. The average molecular weight is 571 g/mol. The summed E-state index contributed by atoms with van der Waals surface area (Å²) in [5.41, 5.74) is 3.90. The van der Waals surface area contributed by atoms with Crippen molar-refractivity contribution in [1.82, 2.24) is 5.43 Å². The molecule has 8 heteroatoms. The number of nitrogens with zero attached hydrogens (tertiary/aromatic N) is 2. The number of ether oxygens (including phenoxy) is 1. The van der Waals surface area contributed by atoms with Gasteiger partial charge in [0.15, 0.2) is 12.4 Å². The Labute approximate surface area is 176 Å². The molecule has 3 rings (SSSR count). The topological polar surface area (TPSA) is 87.6 Å². The van der Waals surface area contributed by atoms with E-state index in [4.69, 9.17) is 14.4 Å². The molecule has 3 aromatic rings. The Bertz CT molecular complexity index is 982. The van der Waals surface area contributed by atoms with Crippen molar-refractivity contribution in [3.63, 3.8) is 0 Å². The van der Waals surface area contributed by atoms with Crippen molar-refractivity contribution in [2.75, 3.05) is 6.61 Å². The predicted octanol–water partition coefficient (Wildman–Crippen LogP) is 4.31. The van der Waals surface area contributed by atoms with Crippen LogP contribution in [0.1, 0.15) is 16.1 Å². The van der Waals surface area contributed by atoms with E-state index in [1.165, 1.54) is 0 Å². The van der Waals surface area contributed by atoms with Gasteiger partial charge in [0.25, 0.3) is 0 Å². The molecular formula is C18H11I2N3O3. The number of hydrogen-bond acceptors (Lipinski definition) is 5. The Morgan fingerprint density at radius 3 is 2.69 bits per heavy atom. The first kappa shape index (κ1) is 18.7. The van der Waals surface area contributed by atoms with Crippen molar-refractivity contribution in [2.45, 2.75) is 0 Å². The number of benzene rings is 2. The number of rotatable bonds is 5. The van der Waals surface area contributed by atoms with E-state index < -0.39 is 5.91 Å². The third-order valence-corrected chi connectivity index (χ3v) is 4.93. The highest BCUT2D eigenvalue weighted by molar-refractivity contribution is 14.1. The summed E-state index contributed by atoms with van der Waals surface area (Å²) in [7, 11) is 0. The minimum absolute atomic E-state index is 0.00695. The molecule has 0 aliphatic heterocycles. The van der Waals surface area contributed by atoms with Gasteiger partial charge in [-0.25, -0.2) is 5.43 Å². The first-order chi connectivity index (χ1) is 12.6. The smallest absolute Gasteiger partial charge is 0.307 e. The second-order valence-electron chi connectivity index (χ2n) is 5.11. The molecule has 0 spiro atoms. The van der Waals surface area contributed by atoms with Crippen LogP contribution in [0.2, 0.25) is 0 Å². The van der Waals surface area contributed by atoms with Crippen LogP contribution in [0.5, 0.6) is 5.75 Å². The molecule has 2 aromatic carbocycles. The standard InChI is InChI=1S/C18H11I2N3O3/c19-13-7-11(8-14(20)17(13)25-6-5-21)10-22-23-18(24)16-9-12-3-1-2-4-15(12)26-16/h1-4,7-10H,6H2,(H,23,24)/b22-10+. The van der Waals surface area contributed by atoms with Crippen molar-refractivity contribution < 1.29 is 13.9 Å². The van der Waals surface area contributed by atoms with Crippen LogP contribution in [0.4, 0.5) is 0 Å². The molecule has 0 aliphatic rings. The second-order valence-corrected chi connectivity index (χ2v) is 7.43. The van der Waals surface area contributed by atoms with Gasteiger partial charge in [0, 0.05) is 5.39 Å². The molecule has 0 aliphatic carbocycles. The molecule has 0 radical (unpaired) electrons. The minimum Gasteiger partial charge on any atom is -0.477 e. The van der Waals surface area contributed by atoms with Gasteiger partial charge in [-0.05, 0) is 75.0 Å². The van der Waals surface area contributed by atoms with Crippen LogP contribution < -0.4 is 10.2 Å². The highest BCUT2D eigenvalue weighted by atomic mass is 127. The summed E-state index contributed by atoms with van der Waals surface area (Å²) < 4.78 is 12.6. The number of hydrazone groups is 1. The number of hydrogen-bond donors (Lipinski definition) is 1. The monoisotopic (exact) mass is 571 g/mol. The van der Waals surface area contributed by atoms with Crippen LogP contribution in [0, 0.1) is 18.5 Å². The van der Waals surface area contributed by atoms with E-state index in [0.717, 1.165) is 18.1 Å². The first-order valence-corrected chi connectivity index (χ1v) is 9.55. The molecule has 1 aromatic heterocycles. The lowest BCUT2D eigenvalue weighted by molar-refractivity contribution is 0.0929. The molecule has 0 unspecified atom stereocenters. The molecular weight excluding hydrogens is 560 g/mol. The second kappa shape index (κ2) is 8.50. The maximum Gasteiger partial charge on any atom is 0.307 e. The van der Waals surface area contributed by atoms with Gasteiger partial charge in [-0.1, -0.05) is 18.2 Å². The highest BCUT2D eigenvalue weighted by Crippen LogP contribution is 2.28. The van der Waals surface area contributed by atoms with E-state index in [9.17, 15) is 4.79 Å². The third kappa shape index (κ3) is 4.34. The summed E-state index contributed by atoms with van der Waals surface area (Å²) in [6, 6.07) is 14.7. The molecule has 0 saturated carbocycles. The van der Waals surface area contributed by atoms with Gasteiger partial charge in [0.05, 0.1) is 13.4 Å². The van der Waals surface area contributed by atoms with Crippen LogP contribution in [-0.4, -0.2) is 18.7 Å². The summed E-state index contributed by atoms with van der Waals surface area (Å²) in [6.07, 6.45) is 1.54. The average Bonchev–Trinajstić information content (AvgIpc) is 3.05. The van der Waals surface area contributed by atoms with Gasteiger partial charge in [-0.3, -0.25) is 4.79 Å². The summed E-state index contributed by atoms with van der Waals surface area (Å²) in [5.74, 6) is 0.444. The molecule has 26 heavy (non-hydrogen) atoms. The van der Waals surface area contributed by atoms with E-state index >= 15 is 0 Å². The van der Waals surface area contributed by atoms with Gasteiger partial charge in [0.2, 0.25) is 0 Å². The Hall–Kier alpha value is -2.13. The summed E-state index contributed by atoms with van der Waals surface area (Å²) in [5, 5.41) is 13.5. The number of carbonyl (C=O) groups is 1. The molecule has 1 amide bonds. The SMILES string of the molecule is N#CCOc1c(I)cc(/C=N/NC(=O)c2cc3ccccc3o2)cc1I. The Morgan fingerprint density at radius 1 is 1.27 bits per heavy atom. The predicted molar refractivity (Wildman–Crippen MR) is 114 cm³/mol. The van der Waals surface area contributed by atoms with Crippen molar-refractivity contribution in [1.29, 1.82) is 5.26 Å². The van der Waals surface area contributed by atoms with Crippen molar-refractivity contribution in [2.24, 2.45) is 5.10 Å². The lowest BCUT2D eigenvalue weighted by Crippen LogP contribution is -2.16. The third-order valence-electron chi connectivity index (χ3n) is 3.33. The zero-order chi connectivity index (χ0) is 18.5. The van der Waals surface area contributed by atoms with E-state index in [-0.39, 0.29) is 12.4 Å². The number of carbonyl (C=O) groups excluding carboxylic acids is 1. The lowest BCUT2D eigenvalue weighted by atomic mass is 10.2. The molecule has 0 fully saturated rings. The number of amides is 1. The number of para-hydroxylation sites is 1. The number of furan rings is 1. The van der Waals surface area contributed by atoms with Crippen LogP contribution >= 0.6 is 45.2 Å². The van der Waals surface area contributed by atoms with Gasteiger partial charge in [-0.2, -0.15) is 10.4 Å². The first-order valence-electron chi connectivity index (χ1n) is 7.39. The van der Waals surface area contributed by atoms with Crippen LogP contribution in [0.15, 0.2) is 52.0 Å². The van der Waals surface area contributed by atoms with E-state index in [1.54, 1.807) is 18.3 Å². The molecule has 0 atom stereocenters. The normalized spacial score (nSPS) is 10.8. The number of fused-ring (bicyclic) bond motifs is 1. The largest absolute Gasteiger partial charge is 0.477 e. The summed E-state index contributed by atoms with van der Waals surface area (Å²) in [6.45, 7) is -0.00695. The quantitative estimate of drug-likeness (QED) is 0.281. The molecule has 130 valence electrons. The van der Waals surface area contributed by atoms with Crippen molar-refractivity contribution in [3.8, 4) is 11.8 Å². The Kier molecular flexibility index (Phi) is 6.10. The molecule has 1 N–H and O–H groups in total. The Balaban J connectivity index is 1.70. The number of halogens is 2. The van der Waals surface area contributed by atoms with Gasteiger partial charge in [-0.15, -0.1) is 0 Å². The maximum absolute atomic E-state index is 12.1. The number of nitriles is 1. The molecule has 0 saturated heterocycles. The van der Waals surface area contributed by atoms with Crippen molar-refractivity contribution >= 4 is 68.3 Å². The molecule has 0 bridgehead atoms. The van der Waals surface area contributed by atoms with Crippen LogP contribution in [0.3, 0.4) is 0 Å². The molecule has 6 nitrogen and oxygen atoms in total. The van der Waals surface area contributed by atoms with Crippen LogP contribution in [-0.2, 0) is 0 Å². The Morgan fingerprint density at radius 2 is 2.00 bits per heavy atom. The van der Waals surface area contributed by atoms with Gasteiger partial charge in [0.1, 0.15) is 17.4 Å². The van der Waals surface area contributed by atoms with Crippen molar-refractivity contribution in [3.05, 3.63) is 60.9 Å².